The van der Waals surface area contributed by atoms with Gasteiger partial charge in [-0.05, 0) is 72.5 Å². The van der Waals surface area contributed by atoms with E-state index in [0.29, 0.717) is 11.1 Å². The van der Waals surface area contributed by atoms with E-state index in [1.54, 1.807) is 25.4 Å². The minimum Gasteiger partial charge on any atom is -0.322 e. The first kappa shape index (κ1) is 15.9. The van der Waals surface area contributed by atoms with Crippen molar-refractivity contribution in [2.24, 2.45) is 0 Å². The second-order valence-electron chi connectivity index (χ2n) is 5.68. The van der Waals surface area contributed by atoms with Crippen LogP contribution in [0.15, 0.2) is 60.9 Å². The molecule has 4 heteroatoms. The summed E-state index contributed by atoms with van der Waals surface area (Å²) in [6.07, 6.45) is 3.46. The number of hydrogen-bond acceptors (Lipinski definition) is 2. The molecule has 0 atom stereocenters. The Balaban J connectivity index is 1.89. The summed E-state index contributed by atoms with van der Waals surface area (Å²) in [5.41, 5.74) is 4.59. The van der Waals surface area contributed by atoms with Crippen LogP contribution in [0.3, 0.4) is 0 Å². The highest BCUT2D eigenvalue weighted by Gasteiger charge is 2.10. The predicted octanol–water partition coefficient (Wildman–Crippen LogP) is 4.76. The highest BCUT2D eigenvalue weighted by molar-refractivity contribution is 6.05. The van der Waals surface area contributed by atoms with Crippen molar-refractivity contribution in [1.82, 2.24) is 4.98 Å². The zero-order chi connectivity index (χ0) is 17.1. The van der Waals surface area contributed by atoms with Crippen LogP contribution in [-0.2, 0) is 0 Å². The van der Waals surface area contributed by atoms with Crippen LogP contribution in [0.25, 0.3) is 11.1 Å². The van der Waals surface area contributed by atoms with Crippen molar-refractivity contribution < 1.29 is 9.18 Å². The lowest BCUT2D eigenvalue weighted by Crippen LogP contribution is -2.13. The molecule has 0 spiro atoms. The Bertz CT molecular complexity index is 891. The van der Waals surface area contributed by atoms with E-state index in [4.69, 9.17) is 0 Å². The van der Waals surface area contributed by atoms with Crippen LogP contribution in [0.1, 0.15) is 21.5 Å². The lowest BCUT2D eigenvalue weighted by Gasteiger charge is -2.11. The zero-order valence-corrected chi connectivity index (χ0v) is 13.5. The molecule has 0 saturated heterocycles. The lowest BCUT2D eigenvalue weighted by molar-refractivity contribution is 0.102. The third kappa shape index (κ3) is 3.33. The maximum Gasteiger partial charge on any atom is 0.255 e. The molecule has 1 heterocycles. The maximum atomic E-state index is 13.4. The molecule has 0 unspecified atom stereocenters. The molecule has 1 N–H and O–H groups in total. The van der Waals surface area contributed by atoms with E-state index in [-0.39, 0.29) is 11.7 Å². The molecule has 0 fully saturated rings. The van der Waals surface area contributed by atoms with Gasteiger partial charge in [-0.3, -0.25) is 9.78 Å². The first-order chi connectivity index (χ1) is 11.5. The molecule has 0 radical (unpaired) electrons. The van der Waals surface area contributed by atoms with Crippen LogP contribution >= 0.6 is 0 Å². The minimum atomic E-state index is -0.317. The molecular weight excluding hydrogens is 303 g/mol. The Morgan fingerprint density at radius 2 is 1.67 bits per heavy atom. The van der Waals surface area contributed by atoms with Crippen LogP contribution in [0, 0.1) is 19.7 Å². The molecular formula is C20H17FN2O. The summed E-state index contributed by atoms with van der Waals surface area (Å²) in [4.78, 5) is 16.4. The van der Waals surface area contributed by atoms with Gasteiger partial charge in [-0.25, -0.2) is 4.39 Å². The van der Waals surface area contributed by atoms with Crippen molar-refractivity contribution in [2.45, 2.75) is 13.8 Å². The standard InChI is InChI=1S/C20H17FN2O/c1-13-3-4-16(15-7-9-22-10-8-15)12-19(13)23-20(24)17-5-6-18(21)14(2)11-17/h3-12H,1-2H3,(H,23,24). The van der Waals surface area contributed by atoms with E-state index >= 15 is 0 Å². The number of rotatable bonds is 3. The predicted molar refractivity (Wildman–Crippen MR) is 93.5 cm³/mol. The van der Waals surface area contributed by atoms with Crippen molar-refractivity contribution in [3.63, 3.8) is 0 Å². The van der Waals surface area contributed by atoms with Crippen molar-refractivity contribution in [1.29, 1.82) is 0 Å². The van der Waals surface area contributed by atoms with Crippen LogP contribution < -0.4 is 5.32 Å². The molecule has 0 bridgehead atoms. The summed E-state index contributed by atoms with van der Waals surface area (Å²) >= 11 is 0. The SMILES string of the molecule is Cc1cc(C(=O)Nc2cc(-c3ccncc3)ccc2C)ccc1F. The fourth-order valence-corrected chi connectivity index (χ4v) is 2.46. The number of anilines is 1. The number of pyridine rings is 1. The number of halogens is 1. The van der Waals surface area contributed by atoms with E-state index in [0.717, 1.165) is 22.4 Å². The number of carbonyl (C=O) groups is 1. The molecule has 0 aliphatic carbocycles. The van der Waals surface area contributed by atoms with Gasteiger partial charge >= 0.3 is 0 Å². The molecule has 1 aromatic heterocycles. The molecule has 2 aromatic carbocycles. The fraction of sp³-hybridized carbons (Fsp3) is 0.100. The zero-order valence-electron chi connectivity index (χ0n) is 13.5. The second-order valence-corrected chi connectivity index (χ2v) is 5.68. The molecule has 24 heavy (non-hydrogen) atoms. The fourth-order valence-electron chi connectivity index (χ4n) is 2.46. The quantitative estimate of drug-likeness (QED) is 0.756. The first-order valence-corrected chi connectivity index (χ1v) is 7.63. The van der Waals surface area contributed by atoms with Crippen LogP contribution in [-0.4, -0.2) is 10.9 Å². The van der Waals surface area contributed by atoms with E-state index in [1.165, 1.54) is 12.1 Å². The number of hydrogen-bond donors (Lipinski definition) is 1. The maximum absolute atomic E-state index is 13.4. The Labute approximate surface area is 140 Å². The Morgan fingerprint density at radius 3 is 2.38 bits per heavy atom. The summed E-state index contributed by atoms with van der Waals surface area (Å²) < 4.78 is 13.4. The first-order valence-electron chi connectivity index (χ1n) is 7.63. The van der Waals surface area contributed by atoms with Crippen LogP contribution in [0.4, 0.5) is 10.1 Å². The average molecular weight is 320 g/mol. The highest BCUT2D eigenvalue weighted by Crippen LogP contribution is 2.25. The Hall–Kier alpha value is -3.01. The second kappa shape index (κ2) is 6.62. The van der Waals surface area contributed by atoms with E-state index < -0.39 is 0 Å². The van der Waals surface area contributed by atoms with Crippen LogP contribution in [0.2, 0.25) is 0 Å². The summed E-state index contributed by atoms with van der Waals surface area (Å²) in [6, 6.07) is 14.1. The van der Waals surface area contributed by atoms with Gasteiger partial charge in [0.15, 0.2) is 0 Å². The number of nitrogens with one attached hydrogen (secondary N) is 1. The number of aryl methyl sites for hydroxylation is 2. The van der Waals surface area contributed by atoms with Gasteiger partial charge in [-0.15, -0.1) is 0 Å². The summed E-state index contributed by atoms with van der Waals surface area (Å²) in [5.74, 6) is -0.574. The largest absolute Gasteiger partial charge is 0.322 e. The number of aromatic nitrogens is 1. The smallest absolute Gasteiger partial charge is 0.255 e. The van der Waals surface area contributed by atoms with E-state index in [1.807, 2.05) is 37.3 Å². The van der Waals surface area contributed by atoms with Gasteiger partial charge in [-0.1, -0.05) is 12.1 Å². The average Bonchev–Trinajstić information content (AvgIpc) is 2.60. The Morgan fingerprint density at radius 1 is 0.917 bits per heavy atom. The molecule has 0 aliphatic heterocycles. The van der Waals surface area contributed by atoms with Gasteiger partial charge in [0.05, 0.1) is 0 Å². The van der Waals surface area contributed by atoms with Gasteiger partial charge in [0.1, 0.15) is 5.82 Å². The van der Waals surface area contributed by atoms with Gasteiger partial charge in [0.25, 0.3) is 5.91 Å². The molecule has 3 rings (SSSR count). The summed E-state index contributed by atoms with van der Waals surface area (Å²) in [5, 5.41) is 2.91. The summed E-state index contributed by atoms with van der Waals surface area (Å²) in [6.45, 7) is 3.57. The van der Waals surface area contributed by atoms with E-state index in [9.17, 15) is 9.18 Å². The molecule has 3 aromatic rings. The van der Waals surface area contributed by atoms with E-state index in [2.05, 4.69) is 10.3 Å². The van der Waals surface area contributed by atoms with Crippen molar-refractivity contribution in [3.8, 4) is 11.1 Å². The van der Waals surface area contributed by atoms with Crippen molar-refractivity contribution in [2.75, 3.05) is 5.32 Å². The van der Waals surface area contributed by atoms with Gasteiger partial charge in [0, 0.05) is 23.6 Å². The lowest BCUT2D eigenvalue weighted by atomic mass is 10.0. The van der Waals surface area contributed by atoms with Crippen LogP contribution in [0.5, 0.6) is 0 Å². The van der Waals surface area contributed by atoms with Gasteiger partial charge in [-0.2, -0.15) is 0 Å². The number of nitrogens with zero attached hydrogens (tertiary/aromatic N) is 1. The monoisotopic (exact) mass is 320 g/mol. The topological polar surface area (TPSA) is 42.0 Å². The molecule has 0 aliphatic rings. The Kier molecular flexibility index (Phi) is 4.38. The van der Waals surface area contributed by atoms with Gasteiger partial charge < -0.3 is 5.32 Å². The third-order valence-corrected chi connectivity index (χ3v) is 3.92. The number of carbonyl (C=O) groups excluding carboxylic acids is 1. The highest BCUT2D eigenvalue weighted by atomic mass is 19.1. The molecule has 3 nitrogen and oxygen atoms in total. The normalized spacial score (nSPS) is 10.5. The number of amides is 1. The number of benzene rings is 2. The molecule has 120 valence electrons. The molecule has 0 saturated carbocycles. The van der Waals surface area contributed by atoms with Crippen molar-refractivity contribution >= 4 is 11.6 Å². The van der Waals surface area contributed by atoms with Crippen molar-refractivity contribution in [3.05, 3.63) is 83.4 Å². The molecule has 1 amide bonds. The van der Waals surface area contributed by atoms with Gasteiger partial charge in [0.2, 0.25) is 0 Å². The summed E-state index contributed by atoms with van der Waals surface area (Å²) in [7, 11) is 0. The third-order valence-electron chi connectivity index (χ3n) is 3.92. The minimum absolute atomic E-state index is 0.256.